The predicted octanol–water partition coefficient (Wildman–Crippen LogP) is 1.92. The van der Waals surface area contributed by atoms with Gasteiger partial charge in [0.1, 0.15) is 5.75 Å². The molecule has 0 amide bonds. The molecule has 0 aromatic heterocycles. The number of ether oxygens (including phenoxy) is 1. The first-order valence-corrected chi connectivity index (χ1v) is 6.90. The van der Waals surface area contributed by atoms with E-state index in [1.807, 2.05) is 0 Å². The van der Waals surface area contributed by atoms with Crippen LogP contribution in [0.25, 0.3) is 0 Å². The lowest BCUT2D eigenvalue weighted by molar-refractivity contribution is 0.124. The van der Waals surface area contributed by atoms with Crippen molar-refractivity contribution in [1.82, 2.24) is 5.32 Å². The molecule has 0 saturated carbocycles. The number of hydrogen-bond donors (Lipinski definition) is 3. The maximum absolute atomic E-state index is 9.73. The van der Waals surface area contributed by atoms with Gasteiger partial charge in [0.15, 0.2) is 0 Å². The molecule has 1 fully saturated rings. The molecule has 0 aliphatic carbocycles. The quantitative estimate of drug-likeness (QED) is 0.747. The molecule has 1 aliphatic heterocycles. The molecule has 1 aliphatic rings. The lowest BCUT2D eigenvalue weighted by Gasteiger charge is -2.27. The van der Waals surface area contributed by atoms with Crippen LogP contribution in [0.2, 0.25) is 5.02 Å². The highest BCUT2D eigenvalue weighted by molar-refractivity contribution is 6.30. The van der Waals surface area contributed by atoms with Gasteiger partial charge in [-0.15, -0.1) is 0 Å². The fraction of sp³-hybridized carbons (Fsp3) is 0.571. The smallest absolute Gasteiger partial charge is 0.120 e. The van der Waals surface area contributed by atoms with Crippen LogP contribution in [0.5, 0.6) is 5.75 Å². The molecule has 1 atom stereocenters. The maximum atomic E-state index is 9.73. The van der Waals surface area contributed by atoms with E-state index in [1.165, 1.54) is 0 Å². The van der Waals surface area contributed by atoms with E-state index in [0.717, 1.165) is 31.6 Å². The zero-order valence-corrected chi connectivity index (χ0v) is 11.6. The van der Waals surface area contributed by atoms with Gasteiger partial charge in [-0.2, -0.15) is 0 Å². The van der Waals surface area contributed by atoms with Crippen LogP contribution < -0.4 is 5.32 Å². The molecular weight excluding hydrogens is 266 g/mol. The molecule has 1 heterocycles. The van der Waals surface area contributed by atoms with Crippen molar-refractivity contribution in [3.63, 3.8) is 0 Å². The third-order valence-corrected chi connectivity index (χ3v) is 3.92. The van der Waals surface area contributed by atoms with Crippen molar-refractivity contribution in [3.05, 3.63) is 28.8 Å². The fourth-order valence-corrected chi connectivity index (χ4v) is 2.66. The third kappa shape index (κ3) is 3.83. The van der Waals surface area contributed by atoms with Gasteiger partial charge in [0, 0.05) is 42.3 Å². The van der Waals surface area contributed by atoms with Gasteiger partial charge >= 0.3 is 0 Å². The number of benzene rings is 1. The van der Waals surface area contributed by atoms with Crippen LogP contribution in [0, 0.1) is 5.41 Å². The highest BCUT2D eigenvalue weighted by Gasteiger charge is 2.33. The number of halogens is 1. The van der Waals surface area contributed by atoms with Gasteiger partial charge in [-0.05, 0) is 31.0 Å². The van der Waals surface area contributed by atoms with Crippen molar-refractivity contribution < 1.29 is 14.9 Å². The Morgan fingerprint density at radius 1 is 1.42 bits per heavy atom. The summed E-state index contributed by atoms with van der Waals surface area (Å²) in [6, 6.07) is 5.02. The fourth-order valence-electron chi connectivity index (χ4n) is 2.47. The van der Waals surface area contributed by atoms with E-state index in [0.29, 0.717) is 18.2 Å². The van der Waals surface area contributed by atoms with Crippen LogP contribution in [0.4, 0.5) is 0 Å². The first-order chi connectivity index (χ1) is 9.15. The Balaban J connectivity index is 1.90. The highest BCUT2D eigenvalue weighted by Crippen LogP contribution is 2.31. The van der Waals surface area contributed by atoms with Crippen LogP contribution in [-0.2, 0) is 11.3 Å². The van der Waals surface area contributed by atoms with Crippen LogP contribution >= 0.6 is 11.6 Å². The van der Waals surface area contributed by atoms with E-state index < -0.39 is 0 Å². The SMILES string of the molecule is OCCC1(CNCc2cc(Cl)ccc2O)CCOC1. The Morgan fingerprint density at radius 3 is 2.95 bits per heavy atom. The van der Waals surface area contributed by atoms with Gasteiger partial charge < -0.3 is 20.3 Å². The van der Waals surface area contributed by atoms with Gasteiger partial charge in [-0.1, -0.05) is 11.6 Å². The Hall–Kier alpha value is -0.810. The molecule has 2 rings (SSSR count). The molecule has 0 radical (unpaired) electrons. The van der Waals surface area contributed by atoms with E-state index >= 15 is 0 Å². The molecule has 0 bridgehead atoms. The van der Waals surface area contributed by atoms with E-state index in [4.69, 9.17) is 21.4 Å². The maximum Gasteiger partial charge on any atom is 0.120 e. The molecule has 1 unspecified atom stereocenters. The minimum atomic E-state index is 0.0168. The summed E-state index contributed by atoms with van der Waals surface area (Å²) in [5, 5.41) is 22.8. The molecule has 0 spiro atoms. The average Bonchev–Trinajstić information content (AvgIpc) is 2.83. The van der Waals surface area contributed by atoms with Gasteiger partial charge in [-0.3, -0.25) is 0 Å². The van der Waals surface area contributed by atoms with Crippen molar-refractivity contribution in [1.29, 1.82) is 0 Å². The summed E-state index contributed by atoms with van der Waals surface area (Å²) in [4.78, 5) is 0. The first-order valence-electron chi connectivity index (χ1n) is 6.52. The predicted molar refractivity (Wildman–Crippen MR) is 74.4 cm³/mol. The molecule has 4 nitrogen and oxygen atoms in total. The highest BCUT2D eigenvalue weighted by atomic mass is 35.5. The summed E-state index contributed by atoms with van der Waals surface area (Å²) in [7, 11) is 0. The molecule has 3 N–H and O–H groups in total. The second-order valence-electron chi connectivity index (χ2n) is 5.15. The van der Waals surface area contributed by atoms with Crippen molar-refractivity contribution in [2.24, 2.45) is 5.41 Å². The van der Waals surface area contributed by atoms with Crippen molar-refractivity contribution in [3.8, 4) is 5.75 Å². The molecular formula is C14H20ClNO3. The number of hydrogen-bond acceptors (Lipinski definition) is 4. The summed E-state index contributed by atoms with van der Waals surface area (Å²) in [5.41, 5.74) is 0.800. The number of phenolic OH excluding ortho intramolecular Hbond substituents is 1. The van der Waals surface area contributed by atoms with Crippen LogP contribution in [0.1, 0.15) is 18.4 Å². The number of aliphatic hydroxyl groups excluding tert-OH is 1. The molecule has 106 valence electrons. The Morgan fingerprint density at radius 2 is 2.26 bits per heavy atom. The minimum absolute atomic E-state index is 0.0168. The summed E-state index contributed by atoms with van der Waals surface area (Å²) in [6.45, 7) is 2.93. The monoisotopic (exact) mass is 285 g/mol. The van der Waals surface area contributed by atoms with E-state index in [1.54, 1.807) is 18.2 Å². The van der Waals surface area contributed by atoms with Crippen molar-refractivity contribution in [2.75, 3.05) is 26.4 Å². The number of nitrogens with one attached hydrogen (secondary N) is 1. The van der Waals surface area contributed by atoms with E-state index in [-0.39, 0.29) is 17.8 Å². The lowest BCUT2D eigenvalue weighted by Crippen LogP contribution is -2.35. The van der Waals surface area contributed by atoms with Crippen LogP contribution in [0.3, 0.4) is 0 Å². The van der Waals surface area contributed by atoms with Gasteiger partial charge in [-0.25, -0.2) is 0 Å². The summed E-state index contributed by atoms with van der Waals surface area (Å²) >= 11 is 5.91. The molecule has 19 heavy (non-hydrogen) atoms. The lowest BCUT2D eigenvalue weighted by atomic mass is 9.84. The average molecular weight is 286 g/mol. The normalized spacial score (nSPS) is 22.8. The van der Waals surface area contributed by atoms with Gasteiger partial charge in [0.05, 0.1) is 6.61 Å². The second kappa shape index (κ2) is 6.57. The second-order valence-corrected chi connectivity index (χ2v) is 5.59. The van der Waals surface area contributed by atoms with E-state index in [2.05, 4.69) is 5.32 Å². The third-order valence-electron chi connectivity index (χ3n) is 3.68. The number of aromatic hydroxyl groups is 1. The number of rotatable bonds is 6. The van der Waals surface area contributed by atoms with Crippen molar-refractivity contribution >= 4 is 11.6 Å². The largest absolute Gasteiger partial charge is 0.508 e. The summed E-state index contributed by atoms with van der Waals surface area (Å²) < 4.78 is 5.44. The number of aliphatic hydroxyl groups is 1. The Kier molecular flexibility index (Phi) is 5.05. The molecule has 1 aromatic rings. The van der Waals surface area contributed by atoms with Gasteiger partial charge in [0.25, 0.3) is 0 Å². The first kappa shape index (κ1) is 14.6. The number of phenols is 1. The molecule has 5 heteroatoms. The topological polar surface area (TPSA) is 61.7 Å². The zero-order valence-electron chi connectivity index (χ0n) is 10.9. The van der Waals surface area contributed by atoms with E-state index in [9.17, 15) is 5.11 Å². The zero-order chi connectivity index (χ0) is 13.7. The summed E-state index contributed by atoms with van der Waals surface area (Å²) in [6.07, 6.45) is 1.70. The Bertz CT molecular complexity index is 419. The summed E-state index contributed by atoms with van der Waals surface area (Å²) in [5.74, 6) is 0.246. The minimum Gasteiger partial charge on any atom is -0.508 e. The van der Waals surface area contributed by atoms with Gasteiger partial charge in [0.2, 0.25) is 0 Å². The Labute approximate surface area is 118 Å². The molecule has 1 saturated heterocycles. The standard InChI is InChI=1S/C14H20ClNO3/c15-12-1-2-13(18)11(7-12)8-16-9-14(3-5-17)4-6-19-10-14/h1-2,7,16-18H,3-6,8-10H2. The molecule has 1 aromatic carbocycles. The van der Waals surface area contributed by atoms with Crippen LogP contribution in [0.15, 0.2) is 18.2 Å². The van der Waals surface area contributed by atoms with Crippen LogP contribution in [-0.4, -0.2) is 36.6 Å². The van der Waals surface area contributed by atoms with Crippen molar-refractivity contribution in [2.45, 2.75) is 19.4 Å².